The Hall–Kier alpha value is -0.690. The molecule has 1 atom stereocenters. The Labute approximate surface area is 122 Å². The summed E-state index contributed by atoms with van der Waals surface area (Å²) in [6.45, 7) is 5.19. The number of ether oxygens (including phenoxy) is 3. The van der Waals surface area contributed by atoms with Crippen LogP contribution in [-0.4, -0.2) is 58.6 Å². The summed E-state index contributed by atoms with van der Waals surface area (Å²) in [5, 5.41) is 2.97. The van der Waals surface area contributed by atoms with E-state index < -0.39 is 5.54 Å². The van der Waals surface area contributed by atoms with Crippen molar-refractivity contribution in [2.24, 2.45) is 5.73 Å². The molecule has 20 heavy (non-hydrogen) atoms. The molecule has 0 aromatic heterocycles. The summed E-state index contributed by atoms with van der Waals surface area (Å²) in [5.41, 5.74) is 4.74. The highest BCUT2D eigenvalue weighted by atomic mass is 16.5. The summed E-state index contributed by atoms with van der Waals surface area (Å²) in [6, 6.07) is 0. The van der Waals surface area contributed by atoms with Gasteiger partial charge in [-0.2, -0.15) is 0 Å². The molecule has 0 heterocycles. The molecule has 6 nitrogen and oxygen atoms in total. The van der Waals surface area contributed by atoms with Crippen LogP contribution in [-0.2, 0) is 19.0 Å². The molecule has 0 saturated heterocycles. The zero-order valence-electron chi connectivity index (χ0n) is 13.1. The van der Waals surface area contributed by atoms with E-state index in [2.05, 4.69) is 5.32 Å². The van der Waals surface area contributed by atoms with Crippen LogP contribution in [0.3, 0.4) is 0 Å². The summed E-state index contributed by atoms with van der Waals surface area (Å²) in [6.07, 6.45) is 3.45. The molecule has 6 heteroatoms. The number of likely N-dealkylation sites (N-methyl/N-ethyl adjacent to an activating group) is 1. The molecule has 0 aromatic carbocycles. The van der Waals surface area contributed by atoms with Gasteiger partial charge in [0.15, 0.2) is 0 Å². The summed E-state index contributed by atoms with van der Waals surface area (Å²) in [5.74, 6) is -0.311. The van der Waals surface area contributed by atoms with Crippen molar-refractivity contribution in [2.45, 2.75) is 38.1 Å². The van der Waals surface area contributed by atoms with Gasteiger partial charge in [0.2, 0.25) is 5.91 Å². The molecule has 1 unspecified atom stereocenters. The third-order valence-electron chi connectivity index (χ3n) is 3.32. The molecule has 0 aliphatic carbocycles. The van der Waals surface area contributed by atoms with Crippen LogP contribution >= 0.6 is 0 Å². The molecule has 3 N–H and O–H groups in total. The fraction of sp³-hybridized carbons (Fsp3) is 0.929. The number of hydrogen-bond acceptors (Lipinski definition) is 5. The van der Waals surface area contributed by atoms with Crippen molar-refractivity contribution in [3.8, 4) is 0 Å². The van der Waals surface area contributed by atoms with Gasteiger partial charge >= 0.3 is 0 Å². The molecule has 0 radical (unpaired) electrons. The van der Waals surface area contributed by atoms with E-state index in [0.717, 1.165) is 25.7 Å². The quantitative estimate of drug-likeness (QED) is 0.460. The minimum Gasteiger partial charge on any atom is -0.382 e. The molecule has 120 valence electrons. The standard InChI is InChI=1S/C14H30N2O4/c1-14(16-2,13(15)17)7-4-5-8-19-9-6-10-20-12-11-18-3/h16H,4-12H2,1-3H3,(H2,15,17). The predicted octanol–water partition coefficient (Wildman–Crippen LogP) is 0.690. The number of carbonyl (C=O) groups excluding carboxylic acids is 1. The minimum absolute atomic E-state index is 0.311. The van der Waals surface area contributed by atoms with Gasteiger partial charge in [-0.05, 0) is 39.7 Å². The van der Waals surface area contributed by atoms with E-state index in [4.69, 9.17) is 19.9 Å². The van der Waals surface area contributed by atoms with E-state index in [0.29, 0.717) is 33.0 Å². The normalized spacial score (nSPS) is 14.2. The van der Waals surface area contributed by atoms with Gasteiger partial charge in [0.1, 0.15) is 0 Å². The molecule has 0 spiro atoms. The van der Waals surface area contributed by atoms with Crippen molar-refractivity contribution in [2.75, 3.05) is 47.2 Å². The summed E-state index contributed by atoms with van der Waals surface area (Å²) < 4.78 is 15.7. The molecular weight excluding hydrogens is 260 g/mol. The number of methoxy groups -OCH3 is 1. The van der Waals surface area contributed by atoms with E-state index in [9.17, 15) is 4.79 Å². The number of carbonyl (C=O) groups is 1. The van der Waals surface area contributed by atoms with Crippen molar-refractivity contribution < 1.29 is 19.0 Å². The molecule has 0 aliphatic heterocycles. The highest BCUT2D eigenvalue weighted by Crippen LogP contribution is 2.12. The Kier molecular flexibility index (Phi) is 11.7. The average molecular weight is 290 g/mol. The van der Waals surface area contributed by atoms with Crippen LogP contribution in [0.2, 0.25) is 0 Å². The molecular formula is C14H30N2O4. The SMILES string of the molecule is CNC(C)(CCCCOCCCOCCOC)C(N)=O. The number of primary amides is 1. The Balaban J connectivity index is 3.34. The van der Waals surface area contributed by atoms with Crippen LogP contribution < -0.4 is 11.1 Å². The minimum atomic E-state index is -0.616. The summed E-state index contributed by atoms with van der Waals surface area (Å²) >= 11 is 0. The van der Waals surface area contributed by atoms with Crippen LogP contribution in [0.4, 0.5) is 0 Å². The number of unbranched alkanes of at least 4 members (excludes halogenated alkanes) is 1. The summed E-state index contributed by atoms with van der Waals surface area (Å²) in [4.78, 5) is 11.3. The van der Waals surface area contributed by atoms with Gasteiger partial charge in [0.25, 0.3) is 0 Å². The number of rotatable bonds is 14. The zero-order chi connectivity index (χ0) is 15.3. The van der Waals surface area contributed by atoms with Gasteiger partial charge in [0.05, 0.1) is 18.8 Å². The molecule has 0 aliphatic rings. The van der Waals surface area contributed by atoms with Crippen molar-refractivity contribution in [1.29, 1.82) is 0 Å². The van der Waals surface area contributed by atoms with Crippen molar-refractivity contribution in [1.82, 2.24) is 5.32 Å². The van der Waals surface area contributed by atoms with Crippen molar-refractivity contribution in [3.05, 3.63) is 0 Å². The van der Waals surface area contributed by atoms with Gasteiger partial charge in [0, 0.05) is 26.9 Å². The monoisotopic (exact) mass is 290 g/mol. The Morgan fingerprint density at radius 2 is 1.65 bits per heavy atom. The maximum atomic E-state index is 11.3. The third-order valence-corrected chi connectivity index (χ3v) is 3.32. The summed E-state index contributed by atoms with van der Waals surface area (Å²) in [7, 11) is 3.41. The third kappa shape index (κ3) is 9.25. The maximum Gasteiger partial charge on any atom is 0.237 e. The lowest BCUT2D eigenvalue weighted by Crippen LogP contribution is -2.51. The Morgan fingerprint density at radius 1 is 1.05 bits per heavy atom. The van der Waals surface area contributed by atoms with Gasteiger partial charge in [-0.3, -0.25) is 4.79 Å². The average Bonchev–Trinajstić information content (AvgIpc) is 2.44. The Morgan fingerprint density at radius 3 is 2.20 bits per heavy atom. The van der Waals surface area contributed by atoms with Gasteiger partial charge < -0.3 is 25.3 Å². The number of hydrogen-bond donors (Lipinski definition) is 2. The topological polar surface area (TPSA) is 82.8 Å². The van der Waals surface area contributed by atoms with E-state index in [1.807, 2.05) is 6.92 Å². The second-order valence-corrected chi connectivity index (χ2v) is 4.97. The largest absolute Gasteiger partial charge is 0.382 e. The lowest BCUT2D eigenvalue weighted by molar-refractivity contribution is -0.123. The first-order valence-corrected chi connectivity index (χ1v) is 7.20. The number of nitrogens with one attached hydrogen (secondary N) is 1. The van der Waals surface area contributed by atoms with Gasteiger partial charge in [-0.25, -0.2) is 0 Å². The fourth-order valence-corrected chi connectivity index (χ4v) is 1.66. The van der Waals surface area contributed by atoms with Crippen molar-refractivity contribution in [3.63, 3.8) is 0 Å². The van der Waals surface area contributed by atoms with Gasteiger partial charge in [-0.15, -0.1) is 0 Å². The molecule has 0 aromatic rings. The van der Waals surface area contributed by atoms with Crippen molar-refractivity contribution >= 4 is 5.91 Å². The molecule has 0 bridgehead atoms. The van der Waals surface area contributed by atoms with Gasteiger partial charge in [-0.1, -0.05) is 0 Å². The van der Waals surface area contributed by atoms with Crippen LogP contribution in [0.25, 0.3) is 0 Å². The number of amides is 1. The molecule has 0 fully saturated rings. The lowest BCUT2D eigenvalue weighted by Gasteiger charge is -2.25. The second-order valence-electron chi connectivity index (χ2n) is 4.97. The molecule has 0 rings (SSSR count). The molecule has 1 amide bonds. The highest BCUT2D eigenvalue weighted by molar-refractivity contribution is 5.84. The van der Waals surface area contributed by atoms with Crippen LogP contribution in [0.1, 0.15) is 32.6 Å². The first-order chi connectivity index (χ1) is 9.56. The second kappa shape index (κ2) is 12.1. The van der Waals surface area contributed by atoms with E-state index in [1.54, 1.807) is 14.2 Å². The Bertz CT molecular complexity index is 251. The predicted molar refractivity (Wildman–Crippen MR) is 78.6 cm³/mol. The maximum absolute atomic E-state index is 11.3. The lowest BCUT2D eigenvalue weighted by atomic mass is 9.94. The highest BCUT2D eigenvalue weighted by Gasteiger charge is 2.27. The van der Waals surface area contributed by atoms with E-state index in [-0.39, 0.29) is 5.91 Å². The van der Waals surface area contributed by atoms with E-state index >= 15 is 0 Å². The fourth-order valence-electron chi connectivity index (χ4n) is 1.66. The first-order valence-electron chi connectivity index (χ1n) is 7.20. The van der Waals surface area contributed by atoms with Crippen LogP contribution in [0, 0.1) is 0 Å². The van der Waals surface area contributed by atoms with E-state index in [1.165, 1.54) is 0 Å². The molecule has 0 saturated carbocycles. The van der Waals surface area contributed by atoms with Crippen LogP contribution in [0.5, 0.6) is 0 Å². The first kappa shape index (κ1) is 19.3. The zero-order valence-corrected chi connectivity index (χ0v) is 13.1. The van der Waals surface area contributed by atoms with Crippen LogP contribution in [0.15, 0.2) is 0 Å². The smallest absolute Gasteiger partial charge is 0.237 e. The number of nitrogens with two attached hydrogens (primary N) is 1.